The lowest BCUT2D eigenvalue weighted by molar-refractivity contribution is 0.133. The first-order chi connectivity index (χ1) is 15.9. The van der Waals surface area contributed by atoms with Crippen LogP contribution in [0, 0.1) is 17.8 Å². The van der Waals surface area contributed by atoms with Crippen LogP contribution in [0.15, 0.2) is 42.6 Å². The van der Waals surface area contributed by atoms with Crippen molar-refractivity contribution in [1.82, 2.24) is 4.98 Å². The topological polar surface area (TPSA) is 42.0 Å². The Morgan fingerprint density at radius 2 is 1.64 bits per heavy atom. The molecule has 2 aromatic rings. The fourth-order valence-corrected chi connectivity index (χ4v) is 5.23. The number of aryl methyl sites for hydroxylation is 1. The molecule has 1 aromatic carbocycles. The van der Waals surface area contributed by atoms with Gasteiger partial charge in [-0.15, -0.1) is 0 Å². The molecule has 33 heavy (non-hydrogen) atoms. The molecule has 0 bridgehead atoms. The van der Waals surface area contributed by atoms with E-state index in [-0.39, 0.29) is 11.9 Å². The van der Waals surface area contributed by atoms with E-state index in [1.807, 2.05) is 18.3 Å². The van der Waals surface area contributed by atoms with Crippen molar-refractivity contribution in [2.75, 3.05) is 0 Å². The predicted octanol–water partition coefficient (Wildman–Crippen LogP) is 8.75. The van der Waals surface area contributed by atoms with Crippen LogP contribution in [0.4, 0.5) is 0 Å². The van der Waals surface area contributed by atoms with E-state index in [2.05, 4.69) is 39.8 Å². The summed E-state index contributed by atoms with van der Waals surface area (Å²) in [7, 11) is 0. The van der Waals surface area contributed by atoms with Crippen molar-refractivity contribution in [2.45, 2.75) is 104 Å². The first-order valence-corrected chi connectivity index (χ1v) is 13.3. The van der Waals surface area contributed by atoms with Gasteiger partial charge in [-0.25, -0.2) is 0 Å². The molecule has 1 aromatic heterocycles. The molecule has 2 heterocycles. The zero-order valence-corrected chi connectivity index (χ0v) is 21.3. The summed E-state index contributed by atoms with van der Waals surface area (Å²) in [6.45, 7) is 9.48. The molecular weight excluding hydrogens is 406 g/mol. The van der Waals surface area contributed by atoms with E-state index in [1.165, 1.54) is 44.9 Å². The molecule has 0 amide bonds. The van der Waals surface area contributed by atoms with Crippen LogP contribution >= 0.6 is 0 Å². The minimum atomic E-state index is 0.0696. The first-order valence-electron chi connectivity index (χ1n) is 13.3. The van der Waals surface area contributed by atoms with Crippen LogP contribution in [0.3, 0.4) is 0 Å². The summed E-state index contributed by atoms with van der Waals surface area (Å²) in [6.07, 6.45) is 14.3. The van der Waals surface area contributed by atoms with Crippen LogP contribution in [0.25, 0.3) is 0 Å². The zero-order chi connectivity index (χ0) is 23.6. The lowest BCUT2D eigenvalue weighted by Gasteiger charge is -2.32. The van der Waals surface area contributed by atoms with Gasteiger partial charge < -0.3 is 4.74 Å². The summed E-state index contributed by atoms with van der Waals surface area (Å²) in [4.78, 5) is 4.70. The van der Waals surface area contributed by atoms with Gasteiger partial charge in [-0.05, 0) is 79.3 Å². The summed E-state index contributed by atoms with van der Waals surface area (Å²) >= 11 is 0. The molecule has 1 radical (unpaired) electrons. The van der Waals surface area contributed by atoms with Crippen molar-refractivity contribution in [2.24, 2.45) is 17.8 Å². The van der Waals surface area contributed by atoms with Gasteiger partial charge in [0.2, 0.25) is 0 Å². The van der Waals surface area contributed by atoms with Gasteiger partial charge in [0, 0.05) is 17.8 Å². The monoisotopic (exact) mass is 450 g/mol. The van der Waals surface area contributed by atoms with Gasteiger partial charge >= 0.3 is 0 Å². The molecule has 4 unspecified atom stereocenters. The Morgan fingerprint density at radius 3 is 2.33 bits per heavy atom. The van der Waals surface area contributed by atoms with Gasteiger partial charge in [0.25, 0.3) is 0 Å². The first kappa shape index (κ1) is 25.6. The Morgan fingerprint density at radius 1 is 0.909 bits per heavy atom. The largest absolute Gasteiger partial charge is 0.489 e. The number of ether oxygens (including phenoxy) is 1. The van der Waals surface area contributed by atoms with Crippen LogP contribution in [-0.4, -0.2) is 11.1 Å². The van der Waals surface area contributed by atoms with E-state index >= 15 is 0 Å². The molecule has 4 atom stereocenters. The fraction of sp³-hybridized carbons (Fsp3) is 0.633. The second kappa shape index (κ2) is 13.0. The SMILES string of the molecule is CC(C)CCCC(C)CCCC(C)CCC(c1ccccn1)C1CCc2cc([O])ccc2O1. The Hall–Kier alpha value is -2.03. The summed E-state index contributed by atoms with van der Waals surface area (Å²) in [5.74, 6) is 3.64. The van der Waals surface area contributed by atoms with E-state index < -0.39 is 0 Å². The third kappa shape index (κ3) is 8.36. The average Bonchev–Trinajstić information content (AvgIpc) is 2.79. The number of fused-ring (bicyclic) bond motifs is 1. The molecule has 0 fully saturated rings. The van der Waals surface area contributed by atoms with Crippen molar-refractivity contribution in [1.29, 1.82) is 0 Å². The molecular formula is C30H44NO2. The Kier molecular flexibility index (Phi) is 10.1. The van der Waals surface area contributed by atoms with E-state index in [9.17, 15) is 5.11 Å². The molecule has 0 saturated heterocycles. The molecule has 0 aliphatic carbocycles. The van der Waals surface area contributed by atoms with Crippen molar-refractivity contribution in [3.63, 3.8) is 0 Å². The number of pyridine rings is 1. The molecule has 3 nitrogen and oxygen atoms in total. The van der Waals surface area contributed by atoms with Crippen LogP contribution in [0.5, 0.6) is 11.5 Å². The number of aromatic nitrogens is 1. The molecule has 0 saturated carbocycles. The number of hydrogen-bond acceptors (Lipinski definition) is 2. The molecule has 1 aliphatic heterocycles. The molecule has 3 rings (SSSR count). The lowest BCUT2D eigenvalue weighted by atomic mass is 9.84. The maximum absolute atomic E-state index is 11.7. The Labute approximate surface area is 202 Å². The Bertz CT molecular complexity index is 819. The van der Waals surface area contributed by atoms with Gasteiger partial charge in [0.15, 0.2) is 5.75 Å². The standard InChI is InChI=1S/C30H44NO2/c1-22(2)9-7-10-23(3)11-8-12-24(4)14-17-27(28-13-5-6-20-31-28)30-18-15-25-21-26(32)16-19-29(25)33-30/h5-6,13,16,19-24,27,30H,7-12,14-15,17-18H2,1-4H3. The normalized spacial score (nSPS) is 18.4. The quantitative estimate of drug-likeness (QED) is 0.306. The number of rotatable bonds is 13. The van der Waals surface area contributed by atoms with Crippen molar-refractivity contribution >= 4 is 0 Å². The highest BCUT2D eigenvalue weighted by Gasteiger charge is 2.30. The van der Waals surface area contributed by atoms with Crippen LogP contribution in [0.1, 0.15) is 103 Å². The van der Waals surface area contributed by atoms with E-state index in [0.29, 0.717) is 5.92 Å². The molecule has 181 valence electrons. The number of nitrogens with zero attached hydrogens (tertiary/aromatic N) is 1. The van der Waals surface area contributed by atoms with Crippen LogP contribution in [-0.2, 0) is 11.5 Å². The molecule has 0 N–H and O–H groups in total. The summed E-state index contributed by atoms with van der Waals surface area (Å²) in [5.41, 5.74) is 2.19. The van der Waals surface area contributed by atoms with Crippen molar-refractivity contribution < 1.29 is 9.84 Å². The van der Waals surface area contributed by atoms with Gasteiger partial charge in [0.1, 0.15) is 11.9 Å². The highest BCUT2D eigenvalue weighted by molar-refractivity contribution is 5.41. The number of hydrogen-bond donors (Lipinski definition) is 0. The van der Waals surface area contributed by atoms with Gasteiger partial charge in [0.05, 0.1) is 0 Å². The summed E-state index contributed by atoms with van der Waals surface area (Å²) in [5, 5.41) is 11.7. The second-order valence-electron chi connectivity index (χ2n) is 10.9. The third-order valence-electron chi connectivity index (χ3n) is 7.37. The predicted molar refractivity (Wildman–Crippen MR) is 136 cm³/mol. The zero-order valence-electron chi connectivity index (χ0n) is 21.3. The van der Waals surface area contributed by atoms with E-state index in [1.54, 1.807) is 12.1 Å². The highest BCUT2D eigenvalue weighted by atomic mass is 16.5. The maximum atomic E-state index is 11.7. The summed E-state index contributed by atoms with van der Waals surface area (Å²) in [6, 6.07) is 11.4. The average molecular weight is 451 g/mol. The maximum Gasteiger partial charge on any atom is 0.179 e. The van der Waals surface area contributed by atoms with E-state index in [0.717, 1.165) is 54.0 Å². The Balaban J connectivity index is 1.50. The number of benzene rings is 1. The lowest BCUT2D eigenvalue weighted by Crippen LogP contribution is -2.30. The van der Waals surface area contributed by atoms with Crippen molar-refractivity contribution in [3.05, 3.63) is 53.9 Å². The van der Waals surface area contributed by atoms with Gasteiger partial charge in [-0.2, -0.15) is 0 Å². The molecule has 0 spiro atoms. The van der Waals surface area contributed by atoms with Crippen LogP contribution < -0.4 is 4.74 Å². The van der Waals surface area contributed by atoms with Crippen molar-refractivity contribution in [3.8, 4) is 11.5 Å². The third-order valence-corrected chi connectivity index (χ3v) is 7.37. The van der Waals surface area contributed by atoms with Crippen LogP contribution in [0.2, 0.25) is 0 Å². The minimum absolute atomic E-state index is 0.0696. The van der Waals surface area contributed by atoms with Gasteiger partial charge in [-0.1, -0.05) is 72.3 Å². The van der Waals surface area contributed by atoms with E-state index in [4.69, 9.17) is 9.72 Å². The minimum Gasteiger partial charge on any atom is -0.489 e. The van der Waals surface area contributed by atoms with Gasteiger partial charge in [-0.3, -0.25) is 10.1 Å². The fourth-order valence-electron chi connectivity index (χ4n) is 5.23. The molecule has 3 heteroatoms. The molecule has 1 aliphatic rings. The summed E-state index contributed by atoms with van der Waals surface area (Å²) < 4.78 is 6.42. The smallest absolute Gasteiger partial charge is 0.179 e. The second-order valence-corrected chi connectivity index (χ2v) is 10.9. The highest BCUT2D eigenvalue weighted by Crippen LogP contribution is 2.38.